The maximum absolute atomic E-state index is 4.40. The van der Waals surface area contributed by atoms with E-state index in [0.29, 0.717) is 0 Å². The molecule has 16 heavy (non-hydrogen) atoms. The summed E-state index contributed by atoms with van der Waals surface area (Å²) in [6, 6.07) is 4.92. The molecule has 0 unspecified atom stereocenters. The van der Waals surface area contributed by atoms with Crippen molar-refractivity contribution in [2.45, 2.75) is 38.3 Å². The van der Waals surface area contributed by atoms with E-state index in [2.05, 4.69) is 38.4 Å². The van der Waals surface area contributed by atoms with Crippen molar-refractivity contribution in [3.05, 3.63) is 28.5 Å². The number of halogens is 1. The van der Waals surface area contributed by atoms with Crippen molar-refractivity contribution in [2.75, 3.05) is 0 Å². The molecule has 0 spiro atoms. The standard InChI is InChI=1S/C13H17BrN2/c14-11-5-6-12(15-7-11)8-16-13(9-1-2-9)10-3-4-10/h5-7,9-10,13,16H,1-4,8H2. The molecule has 0 aromatic carbocycles. The fraction of sp³-hybridized carbons (Fsp3) is 0.615. The summed E-state index contributed by atoms with van der Waals surface area (Å²) in [5, 5.41) is 3.70. The number of hydrogen-bond acceptors (Lipinski definition) is 2. The van der Waals surface area contributed by atoms with E-state index >= 15 is 0 Å². The molecule has 2 nitrogen and oxygen atoms in total. The molecule has 2 aliphatic rings. The van der Waals surface area contributed by atoms with Gasteiger partial charge in [0.2, 0.25) is 0 Å². The van der Waals surface area contributed by atoms with Crippen LogP contribution in [-0.2, 0) is 6.54 Å². The number of pyridine rings is 1. The summed E-state index contributed by atoms with van der Waals surface area (Å²) in [4.78, 5) is 4.40. The molecule has 2 aliphatic carbocycles. The normalized spacial score (nSPS) is 20.4. The van der Waals surface area contributed by atoms with Gasteiger partial charge in [0.05, 0.1) is 5.69 Å². The largest absolute Gasteiger partial charge is 0.308 e. The molecule has 2 fully saturated rings. The Kier molecular flexibility index (Phi) is 2.99. The minimum absolute atomic E-state index is 0.769. The average Bonchev–Trinajstić information content (AvgIpc) is 3.15. The molecule has 2 saturated carbocycles. The van der Waals surface area contributed by atoms with Crippen LogP contribution in [0.3, 0.4) is 0 Å². The molecule has 3 heteroatoms. The quantitative estimate of drug-likeness (QED) is 0.897. The summed E-state index contributed by atoms with van der Waals surface area (Å²) < 4.78 is 1.05. The number of nitrogens with one attached hydrogen (secondary N) is 1. The molecule has 0 atom stereocenters. The minimum Gasteiger partial charge on any atom is -0.308 e. The van der Waals surface area contributed by atoms with Gasteiger partial charge in [-0.15, -0.1) is 0 Å². The van der Waals surface area contributed by atoms with Gasteiger partial charge in [-0.05, 0) is 65.6 Å². The first kappa shape index (κ1) is 10.7. The fourth-order valence-electron chi connectivity index (χ4n) is 2.36. The van der Waals surface area contributed by atoms with Crippen molar-refractivity contribution >= 4 is 15.9 Å². The minimum atomic E-state index is 0.769. The van der Waals surface area contributed by atoms with E-state index in [1.54, 1.807) is 0 Å². The van der Waals surface area contributed by atoms with Gasteiger partial charge in [0, 0.05) is 23.3 Å². The van der Waals surface area contributed by atoms with Gasteiger partial charge in [0.25, 0.3) is 0 Å². The van der Waals surface area contributed by atoms with Gasteiger partial charge in [-0.3, -0.25) is 4.98 Å². The van der Waals surface area contributed by atoms with Crippen LogP contribution in [0, 0.1) is 11.8 Å². The zero-order valence-electron chi connectivity index (χ0n) is 9.32. The van der Waals surface area contributed by atoms with Crippen LogP contribution >= 0.6 is 15.9 Å². The Morgan fingerprint density at radius 3 is 2.44 bits per heavy atom. The lowest BCUT2D eigenvalue weighted by atomic mass is 10.1. The highest BCUT2D eigenvalue weighted by molar-refractivity contribution is 9.10. The summed E-state index contributed by atoms with van der Waals surface area (Å²) >= 11 is 3.41. The van der Waals surface area contributed by atoms with Gasteiger partial charge in [0.15, 0.2) is 0 Å². The Balaban J connectivity index is 1.56. The van der Waals surface area contributed by atoms with Crippen LogP contribution in [0.15, 0.2) is 22.8 Å². The molecule has 0 amide bonds. The first-order chi connectivity index (χ1) is 7.83. The SMILES string of the molecule is Brc1ccc(CNC(C2CC2)C2CC2)nc1. The van der Waals surface area contributed by atoms with Gasteiger partial charge in [-0.2, -0.15) is 0 Å². The molecule has 0 aliphatic heterocycles. The van der Waals surface area contributed by atoms with Crippen LogP contribution < -0.4 is 5.32 Å². The fourth-order valence-corrected chi connectivity index (χ4v) is 2.60. The molecule has 0 bridgehead atoms. The highest BCUT2D eigenvalue weighted by atomic mass is 79.9. The van der Waals surface area contributed by atoms with Crippen LogP contribution in [0.5, 0.6) is 0 Å². The van der Waals surface area contributed by atoms with E-state index in [1.807, 2.05) is 6.20 Å². The first-order valence-corrected chi connectivity index (χ1v) is 6.96. The van der Waals surface area contributed by atoms with Crippen LogP contribution in [0.25, 0.3) is 0 Å². The highest BCUT2D eigenvalue weighted by Crippen LogP contribution is 2.44. The molecular weight excluding hydrogens is 264 g/mol. The highest BCUT2D eigenvalue weighted by Gasteiger charge is 2.40. The van der Waals surface area contributed by atoms with Crippen LogP contribution in [0.2, 0.25) is 0 Å². The van der Waals surface area contributed by atoms with Crippen LogP contribution in [-0.4, -0.2) is 11.0 Å². The lowest BCUT2D eigenvalue weighted by molar-refractivity contribution is 0.413. The summed E-state index contributed by atoms with van der Waals surface area (Å²) in [6.45, 7) is 0.922. The van der Waals surface area contributed by atoms with E-state index in [0.717, 1.165) is 34.6 Å². The lowest BCUT2D eigenvalue weighted by Crippen LogP contribution is -2.32. The van der Waals surface area contributed by atoms with Crippen LogP contribution in [0.1, 0.15) is 31.4 Å². The average molecular weight is 281 g/mol. The second kappa shape index (κ2) is 4.46. The Hall–Kier alpha value is -0.410. The first-order valence-electron chi connectivity index (χ1n) is 6.17. The van der Waals surface area contributed by atoms with Crippen molar-refractivity contribution in [1.29, 1.82) is 0 Å². The topological polar surface area (TPSA) is 24.9 Å². The molecule has 1 N–H and O–H groups in total. The van der Waals surface area contributed by atoms with E-state index in [-0.39, 0.29) is 0 Å². The molecule has 0 radical (unpaired) electrons. The third kappa shape index (κ3) is 2.64. The predicted molar refractivity (Wildman–Crippen MR) is 68.0 cm³/mol. The molecule has 86 valence electrons. The summed E-state index contributed by atoms with van der Waals surface area (Å²) in [5.74, 6) is 1.92. The Morgan fingerprint density at radius 1 is 1.25 bits per heavy atom. The van der Waals surface area contributed by atoms with Gasteiger partial charge in [0.1, 0.15) is 0 Å². The second-order valence-corrected chi connectivity index (χ2v) is 5.96. The number of aromatic nitrogens is 1. The molecule has 1 aromatic rings. The van der Waals surface area contributed by atoms with E-state index in [1.165, 1.54) is 25.7 Å². The van der Waals surface area contributed by atoms with E-state index < -0.39 is 0 Å². The lowest BCUT2D eigenvalue weighted by Gasteiger charge is -2.17. The third-order valence-corrected chi connectivity index (χ3v) is 4.04. The monoisotopic (exact) mass is 280 g/mol. The van der Waals surface area contributed by atoms with Gasteiger partial charge >= 0.3 is 0 Å². The Labute approximate surface area is 105 Å². The number of rotatable bonds is 5. The summed E-state index contributed by atoms with van der Waals surface area (Å²) in [5.41, 5.74) is 1.15. The zero-order chi connectivity index (χ0) is 11.0. The molecule has 1 aromatic heterocycles. The van der Waals surface area contributed by atoms with Crippen molar-refractivity contribution in [2.24, 2.45) is 11.8 Å². The Bertz CT molecular complexity index is 343. The summed E-state index contributed by atoms with van der Waals surface area (Å²) in [6.07, 6.45) is 7.61. The molecule has 0 saturated heterocycles. The van der Waals surface area contributed by atoms with Crippen molar-refractivity contribution in [3.8, 4) is 0 Å². The van der Waals surface area contributed by atoms with Gasteiger partial charge in [-0.1, -0.05) is 0 Å². The van der Waals surface area contributed by atoms with Crippen molar-refractivity contribution in [3.63, 3.8) is 0 Å². The molecule has 3 rings (SSSR count). The maximum atomic E-state index is 4.40. The number of hydrogen-bond donors (Lipinski definition) is 1. The van der Waals surface area contributed by atoms with E-state index in [4.69, 9.17) is 0 Å². The van der Waals surface area contributed by atoms with Crippen molar-refractivity contribution < 1.29 is 0 Å². The van der Waals surface area contributed by atoms with Crippen molar-refractivity contribution in [1.82, 2.24) is 10.3 Å². The predicted octanol–water partition coefficient (Wildman–Crippen LogP) is 3.12. The molecule has 1 heterocycles. The van der Waals surface area contributed by atoms with Crippen LogP contribution in [0.4, 0.5) is 0 Å². The number of nitrogens with zero attached hydrogens (tertiary/aromatic N) is 1. The van der Waals surface area contributed by atoms with E-state index in [9.17, 15) is 0 Å². The van der Waals surface area contributed by atoms with Gasteiger partial charge in [-0.25, -0.2) is 0 Å². The Morgan fingerprint density at radius 2 is 1.94 bits per heavy atom. The third-order valence-electron chi connectivity index (χ3n) is 3.57. The molecular formula is C13H17BrN2. The maximum Gasteiger partial charge on any atom is 0.0542 e. The summed E-state index contributed by atoms with van der Waals surface area (Å²) in [7, 11) is 0. The zero-order valence-corrected chi connectivity index (χ0v) is 10.9. The van der Waals surface area contributed by atoms with Gasteiger partial charge < -0.3 is 5.32 Å². The second-order valence-electron chi connectivity index (χ2n) is 5.05. The smallest absolute Gasteiger partial charge is 0.0542 e.